The summed E-state index contributed by atoms with van der Waals surface area (Å²) in [6, 6.07) is 0. The van der Waals surface area contributed by atoms with Gasteiger partial charge in [0, 0.05) is 12.3 Å². The van der Waals surface area contributed by atoms with E-state index in [-0.39, 0.29) is 12.3 Å². The molecular weight excluding hydrogens is 210 g/mol. The number of hydrogen-bond donors (Lipinski definition) is 2. The van der Waals surface area contributed by atoms with E-state index in [1.54, 1.807) is 0 Å². The fourth-order valence-corrected chi connectivity index (χ4v) is 1.13. The molecule has 0 atom stereocenters. The van der Waals surface area contributed by atoms with Gasteiger partial charge in [-0.2, -0.15) is 4.98 Å². The van der Waals surface area contributed by atoms with Crippen LogP contribution in [0.25, 0.3) is 0 Å². The molecule has 2 N–H and O–H groups in total. The van der Waals surface area contributed by atoms with Crippen molar-refractivity contribution in [2.45, 2.75) is 39.2 Å². The summed E-state index contributed by atoms with van der Waals surface area (Å²) in [5.74, 6) is 0.715. The first-order valence-corrected chi connectivity index (χ1v) is 5.34. The number of carboxylic acids is 1. The molecule has 0 radical (unpaired) electrons. The van der Waals surface area contributed by atoms with Crippen LogP contribution in [0.4, 0.5) is 0 Å². The number of rotatable bonds is 7. The Morgan fingerprint density at radius 2 is 2.31 bits per heavy atom. The van der Waals surface area contributed by atoms with Crippen LogP contribution in [-0.2, 0) is 11.3 Å². The Morgan fingerprint density at radius 3 is 2.88 bits per heavy atom. The topological polar surface area (TPSA) is 88.2 Å². The van der Waals surface area contributed by atoms with Gasteiger partial charge in [-0.25, -0.2) is 0 Å². The SMILES string of the molecule is CC(C)c1noc(CNCCCC(=O)O)n1. The zero-order valence-electron chi connectivity index (χ0n) is 9.56. The van der Waals surface area contributed by atoms with Crippen molar-refractivity contribution < 1.29 is 14.4 Å². The highest BCUT2D eigenvalue weighted by Gasteiger charge is 2.08. The summed E-state index contributed by atoms with van der Waals surface area (Å²) in [5.41, 5.74) is 0. The lowest BCUT2D eigenvalue weighted by Crippen LogP contribution is -2.16. The molecular formula is C10H17N3O3. The average molecular weight is 227 g/mol. The van der Waals surface area contributed by atoms with Gasteiger partial charge in [0.1, 0.15) is 0 Å². The van der Waals surface area contributed by atoms with E-state index in [4.69, 9.17) is 9.63 Å². The van der Waals surface area contributed by atoms with Crippen molar-refractivity contribution in [3.63, 3.8) is 0 Å². The average Bonchev–Trinajstić information content (AvgIpc) is 2.65. The number of carboxylic acid groups (broad SMARTS) is 1. The summed E-state index contributed by atoms with van der Waals surface area (Å²) in [7, 11) is 0. The maximum Gasteiger partial charge on any atom is 0.303 e. The molecule has 16 heavy (non-hydrogen) atoms. The molecule has 1 rings (SSSR count). The maximum absolute atomic E-state index is 10.2. The van der Waals surface area contributed by atoms with Gasteiger partial charge < -0.3 is 14.9 Å². The van der Waals surface area contributed by atoms with E-state index in [1.807, 2.05) is 13.8 Å². The molecule has 0 saturated heterocycles. The fourth-order valence-electron chi connectivity index (χ4n) is 1.13. The minimum Gasteiger partial charge on any atom is -0.481 e. The third-order valence-corrected chi connectivity index (χ3v) is 2.02. The van der Waals surface area contributed by atoms with E-state index >= 15 is 0 Å². The van der Waals surface area contributed by atoms with Crippen molar-refractivity contribution in [3.8, 4) is 0 Å². The molecule has 6 heteroatoms. The first kappa shape index (κ1) is 12.6. The van der Waals surface area contributed by atoms with E-state index in [9.17, 15) is 4.79 Å². The first-order chi connectivity index (χ1) is 7.59. The maximum atomic E-state index is 10.2. The van der Waals surface area contributed by atoms with Gasteiger partial charge >= 0.3 is 5.97 Å². The fraction of sp³-hybridized carbons (Fsp3) is 0.700. The van der Waals surface area contributed by atoms with Gasteiger partial charge in [0.15, 0.2) is 5.82 Å². The molecule has 90 valence electrons. The summed E-state index contributed by atoms with van der Waals surface area (Å²) < 4.78 is 5.01. The van der Waals surface area contributed by atoms with Gasteiger partial charge in [0.2, 0.25) is 5.89 Å². The van der Waals surface area contributed by atoms with Crippen LogP contribution in [0.1, 0.15) is 44.3 Å². The number of carbonyl (C=O) groups is 1. The molecule has 1 heterocycles. The number of aromatic nitrogens is 2. The van der Waals surface area contributed by atoms with Gasteiger partial charge in [0.05, 0.1) is 6.54 Å². The van der Waals surface area contributed by atoms with Crippen LogP contribution in [0.2, 0.25) is 0 Å². The molecule has 0 unspecified atom stereocenters. The van der Waals surface area contributed by atoms with Crippen molar-refractivity contribution >= 4 is 5.97 Å². The van der Waals surface area contributed by atoms with Gasteiger partial charge in [-0.15, -0.1) is 0 Å². The first-order valence-electron chi connectivity index (χ1n) is 5.34. The molecule has 0 saturated carbocycles. The second kappa shape index (κ2) is 6.22. The van der Waals surface area contributed by atoms with Crippen LogP contribution in [0, 0.1) is 0 Å². The Kier molecular flexibility index (Phi) is 4.91. The molecule has 0 fully saturated rings. The molecule has 0 amide bonds. The third-order valence-electron chi connectivity index (χ3n) is 2.02. The summed E-state index contributed by atoms with van der Waals surface area (Å²) in [6.45, 7) is 5.11. The summed E-state index contributed by atoms with van der Waals surface area (Å²) in [5, 5.41) is 15.3. The Hall–Kier alpha value is -1.43. The van der Waals surface area contributed by atoms with Crippen LogP contribution in [-0.4, -0.2) is 27.8 Å². The van der Waals surface area contributed by atoms with Crippen molar-refractivity contribution in [2.75, 3.05) is 6.54 Å². The Balaban J connectivity index is 2.19. The standard InChI is InChI=1S/C10H17N3O3/c1-7(2)10-12-8(16-13-10)6-11-5-3-4-9(14)15/h7,11H,3-6H2,1-2H3,(H,14,15). The second-order valence-corrected chi connectivity index (χ2v) is 3.88. The van der Waals surface area contributed by atoms with E-state index < -0.39 is 5.97 Å². The van der Waals surface area contributed by atoms with Crippen LogP contribution in [0.5, 0.6) is 0 Å². The number of hydrogen-bond acceptors (Lipinski definition) is 5. The summed E-state index contributed by atoms with van der Waals surface area (Å²) >= 11 is 0. The van der Waals surface area contributed by atoms with Crippen molar-refractivity contribution in [3.05, 3.63) is 11.7 Å². The minimum atomic E-state index is -0.776. The number of nitrogens with one attached hydrogen (secondary N) is 1. The predicted molar refractivity (Wildman–Crippen MR) is 57.0 cm³/mol. The number of aliphatic carboxylic acids is 1. The van der Waals surface area contributed by atoms with Gasteiger partial charge in [-0.1, -0.05) is 19.0 Å². The van der Waals surface area contributed by atoms with Crippen molar-refractivity contribution in [2.24, 2.45) is 0 Å². The molecule has 0 aliphatic heterocycles. The molecule has 0 aliphatic rings. The Bertz CT molecular complexity index is 336. The molecule has 1 aromatic heterocycles. The Labute approximate surface area is 94.0 Å². The molecule has 0 aliphatic carbocycles. The van der Waals surface area contributed by atoms with E-state index in [1.165, 1.54) is 0 Å². The number of nitrogens with zero attached hydrogens (tertiary/aromatic N) is 2. The molecule has 0 bridgehead atoms. The van der Waals surface area contributed by atoms with Crippen LogP contribution < -0.4 is 5.32 Å². The van der Waals surface area contributed by atoms with Crippen molar-refractivity contribution in [1.29, 1.82) is 0 Å². The highest BCUT2D eigenvalue weighted by molar-refractivity contribution is 5.66. The minimum absolute atomic E-state index is 0.175. The van der Waals surface area contributed by atoms with E-state index in [2.05, 4.69) is 15.5 Å². The van der Waals surface area contributed by atoms with E-state index in [0.717, 1.165) is 0 Å². The molecule has 0 spiro atoms. The lowest BCUT2D eigenvalue weighted by atomic mass is 10.2. The van der Waals surface area contributed by atoms with Gasteiger partial charge in [-0.3, -0.25) is 4.79 Å². The normalized spacial score (nSPS) is 10.9. The Morgan fingerprint density at radius 1 is 1.56 bits per heavy atom. The quantitative estimate of drug-likeness (QED) is 0.679. The highest BCUT2D eigenvalue weighted by Crippen LogP contribution is 2.09. The monoisotopic (exact) mass is 227 g/mol. The zero-order valence-corrected chi connectivity index (χ0v) is 9.56. The highest BCUT2D eigenvalue weighted by atomic mass is 16.5. The van der Waals surface area contributed by atoms with E-state index in [0.29, 0.717) is 31.2 Å². The van der Waals surface area contributed by atoms with Gasteiger partial charge in [-0.05, 0) is 13.0 Å². The molecule has 0 aromatic carbocycles. The smallest absolute Gasteiger partial charge is 0.303 e. The van der Waals surface area contributed by atoms with Crippen LogP contribution in [0.3, 0.4) is 0 Å². The second-order valence-electron chi connectivity index (χ2n) is 3.88. The molecule has 1 aromatic rings. The van der Waals surface area contributed by atoms with Crippen LogP contribution >= 0.6 is 0 Å². The van der Waals surface area contributed by atoms with Gasteiger partial charge in [0.25, 0.3) is 0 Å². The summed E-state index contributed by atoms with van der Waals surface area (Å²) in [6.07, 6.45) is 0.772. The lowest BCUT2D eigenvalue weighted by molar-refractivity contribution is -0.137. The zero-order chi connectivity index (χ0) is 12.0. The van der Waals surface area contributed by atoms with Crippen LogP contribution in [0.15, 0.2) is 4.52 Å². The molecule has 6 nitrogen and oxygen atoms in total. The lowest BCUT2D eigenvalue weighted by Gasteiger charge is -1.98. The predicted octanol–water partition coefficient (Wildman–Crippen LogP) is 1.15. The third kappa shape index (κ3) is 4.39. The largest absolute Gasteiger partial charge is 0.481 e. The summed E-state index contributed by atoms with van der Waals surface area (Å²) in [4.78, 5) is 14.4. The van der Waals surface area contributed by atoms with Crippen molar-refractivity contribution in [1.82, 2.24) is 15.5 Å².